The maximum atomic E-state index is 12.7. The maximum Gasteiger partial charge on any atom is 0.256 e. The summed E-state index contributed by atoms with van der Waals surface area (Å²) in [6.45, 7) is 3.09. The van der Waals surface area contributed by atoms with Crippen LogP contribution in [-0.2, 0) is 12.8 Å². The van der Waals surface area contributed by atoms with Crippen LogP contribution in [0.15, 0.2) is 29.6 Å². The van der Waals surface area contributed by atoms with Crippen molar-refractivity contribution in [3.8, 4) is 0 Å². The van der Waals surface area contributed by atoms with E-state index in [0.717, 1.165) is 38.6 Å². The van der Waals surface area contributed by atoms with Gasteiger partial charge in [0.15, 0.2) is 0 Å². The number of amides is 2. The van der Waals surface area contributed by atoms with Gasteiger partial charge in [0.25, 0.3) is 11.8 Å². The number of nitrogens with one attached hydrogen (secondary N) is 3. The summed E-state index contributed by atoms with van der Waals surface area (Å²) in [5.41, 5.74) is 3.80. The average Bonchev–Trinajstić information content (AvgIpc) is 3.32. The second-order valence-corrected chi connectivity index (χ2v) is 8.34. The molecule has 1 aliphatic heterocycles. The Bertz CT molecular complexity index is 867. The average molecular weight is 420 g/mol. The van der Waals surface area contributed by atoms with E-state index in [-0.39, 0.29) is 36.3 Å². The summed E-state index contributed by atoms with van der Waals surface area (Å²) >= 11 is 1.38. The highest BCUT2D eigenvalue weighted by molar-refractivity contribution is 7.14. The fourth-order valence-electron chi connectivity index (χ4n) is 3.96. The Morgan fingerprint density at radius 3 is 2.75 bits per heavy atom. The summed E-state index contributed by atoms with van der Waals surface area (Å²) in [4.78, 5) is 25.4. The topological polar surface area (TPSA) is 70.2 Å². The molecule has 4 rings (SSSR count). The number of piperidine rings is 1. The Labute approximate surface area is 175 Å². The van der Waals surface area contributed by atoms with Crippen molar-refractivity contribution in [1.82, 2.24) is 10.6 Å². The van der Waals surface area contributed by atoms with Crippen LogP contribution in [0.4, 0.5) is 5.00 Å². The van der Waals surface area contributed by atoms with E-state index in [1.807, 2.05) is 17.5 Å². The molecule has 2 heterocycles. The predicted octanol–water partition coefficient (Wildman–Crippen LogP) is 3.78. The minimum atomic E-state index is -0.158. The zero-order valence-corrected chi connectivity index (χ0v) is 17.6. The molecule has 2 aliphatic rings. The number of anilines is 1. The minimum Gasteiger partial charge on any atom is -0.348 e. The van der Waals surface area contributed by atoms with Gasteiger partial charge in [0.2, 0.25) is 0 Å². The Kier molecular flexibility index (Phi) is 6.75. The van der Waals surface area contributed by atoms with Gasteiger partial charge in [0.05, 0.1) is 5.56 Å². The number of thiophene rings is 1. The number of carbonyl (C=O) groups is 2. The molecule has 1 aromatic heterocycles. The van der Waals surface area contributed by atoms with Crippen molar-refractivity contribution in [2.24, 2.45) is 0 Å². The van der Waals surface area contributed by atoms with Gasteiger partial charge in [-0.1, -0.05) is 6.07 Å². The molecule has 0 bridgehead atoms. The lowest BCUT2D eigenvalue weighted by Gasteiger charge is -2.30. The van der Waals surface area contributed by atoms with Crippen molar-refractivity contribution in [1.29, 1.82) is 0 Å². The van der Waals surface area contributed by atoms with Gasteiger partial charge >= 0.3 is 0 Å². The Balaban J connectivity index is 0.00000225. The molecule has 150 valence electrons. The van der Waals surface area contributed by atoms with Crippen molar-refractivity contribution >= 4 is 40.6 Å². The molecule has 1 aliphatic carbocycles. The Hall–Kier alpha value is -1.89. The van der Waals surface area contributed by atoms with Crippen LogP contribution < -0.4 is 16.0 Å². The molecule has 0 saturated carbocycles. The molecule has 0 spiro atoms. The molecule has 2 aromatic rings. The van der Waals surface area contributed by atoms with Crippen LogP contribution in [0.3, 0.4) is 0 Å². The van der Waals surface area contributed by atoms with Crippen LogP contribution in [0.25, 0.3) is 0 Å². The van der Waals surface area contributed by atoms with Crippen LogP contribution in [0, 0.1) is 0 Å². The van der Waals surface area contributed by atoms with Crippen LogP contribution in [0.2, 0.25) is 0 Å². The quantitative estimate of drug-likeness (QED) is 0.706. The summed E-state index contributed by atoms with van der Waals surface area (Å²) in [6, 6.07) is 8.07. The molecule has 0 radical (unpaired) electrons. The third-order valence-electron chi connectivity index (χ3n) is 5.58. The number of carbonyl (C=O) groups excluding carboxylic acids is 2. The molecule has 7 heteroatoms. The highest BCUT2D eigenvalue weighted by Gasteiger charge is 2.25. The van der Waals surface area contributed by atoms with E-state index in [4.69, 9.17) is 0 Å². The van der Waals surface area contributed by atoms with E-state index in [1.54, 1.807) is 6.07 Å². The van der Waals surface area contributed by atoms with E-state index < -0.39 is 0 Å². The number of hydrogen-bond acceptors (Lipinski definition) is 4. The third-order valence-corrected chi connectivity index (χ3v) is 6.41. The number of rotatable bonds is 4. The lowest BCUT2D eigenvalue weighted by Crippen LogP contribution is -2.51. The van der Waals surface area contributed by atoms with Crippen molar-refractivity contribution in [2.75, 3.05) is 11.9 Å². The van der Waals surface area contributed by atoms with Gasteiger partial charge in [-0.15, -0.1) is 23.7 Å². The molecule has 2 unspecified atom stereocenters. The first kappa shape index (κ1) is 20.8. The molecular formula is C21H26ClN3O2S. The molecule has 1 fully saturated rings. The minimum absolute atomic E-state index is 0. The zero-order valence-electron chi connectivity index (χ0n) is 15.9. The molecule has 2 amide bonds. The molecule has 1 saturated heterocycles. The summed E-state index contributed by atoms with van der Waals surface area (Å²) in [7, 11) is 0. The summed E-state index contributed by atoms with van der Waals surface area (Å²) < 4.78 is 0. The first-order valence-corrected chi connectivity index (χ1v) is 10.5. The number of hydrogen-bond donors (Lipinski definition) is 3. The lowest BCUT2D eigenvalue weighted by atomic mass is 9.99. The van der Waals surface area contributed by atoms with E-state index >= 15 is 0 Å². The first-order valence-electron chi connectivity index (χ1n) is 9.67. The number of benzene rings is 1. The van der Waals surface area contributed by atoms with E-state index in [9.17, 15) is 9.59 Å². The number of fused-ring (bicyclic) bond motifs is 1. The molecule has 5 nitrogen and oxygen atoms in total. The maximum absolute atomic E-state index is 12.7. The van der Waals surface area contributed by atoms with Crippen LogP contribution in [-0.4, -0.2) is 30.4 Å². The second kappa shape index (κ2) is 9.07. The van der Waals surface area contributed by atoms with Crippen LogP contribution >= 0.6 is 23.7 Å². The monoisotopic (exact) mass is 419 g/mol. The third kappa shape index (κ3) is 4.40. The van der Waals surface area contributed by atoms with Crippen molar-refractivity contribution < 1.29 is 9.59 Å². The normalized spacial score (nSPS) is 20.8. The lowest BCUT2D eigenvalue weighted by molar-refractivity contribution is 0.0921. The number of halogens is 1. The second-order valence-electron chi connectivity index (χ2n) is 7.42. The smallest absolute Gasteiger partial charge is 0.256 e. The van der Waals surface area contributed by atoms with Gasteiger partial charge in [-0.05, 0) is 80.3 Å². The van der Waals surface area contributed by atoms with E-state index in [1.165, 1.54) is 22.5 Å². The Morgan fingerprint density at radius 1 is 1.11 bits per heavy atom. The van der Waals surface area contributed by atoms with Gasteiger partial charge < -0.3 is 16.0 Å². The predicted molar refractivity (Wildman–Crippen MR) is 116 cm³/mol. The highest BCUT2D eigenvalue weighted by Crippen LogP contribution is 2.26. The SMILES string of the molecule is CC1NCCCC1NC(=O)c1ccsc1NC(=O)c1ccc2c(c1)CCC2.Cl. The standard InChI is InChI=1S/C21H25N3O2S.ClH/c1-13-18(6-3-10-22-13)23-20(26)17-9-11-27-21(17)24-19(25)16-8-7-14-4-2-5-15(14)12-16;/h7-9,11-13,18,22H,2-6,10H2,1H3,(H,23,26)(H,24,25);1H. The summed E-state index contributed by atoms with van der Waals surface area (Å²) in [6.07, 6.45) is 5.32. The van der Waals surface area contributed by atoms with Gasteiger partial charge in [-0.2, -0.15) is 0 Å². The molecule has 28 heavy (non-hydrogen) atoms. The van der Waals surface area contributed by atoms with Gasteiger partial charge in [-0.25, -0.2) is 0 Å². The van der Waals surface area contributed by atoms with Gasteiger partial charge in [0, 0.05) is 17.6 Å². The molecule has 1 aromatic carbocycles. The molecule has 2 atom stereocenters. The zero-order chi connectivity index (χ0) is 18.8. The summed E-state index contributed by atoms with van der Waals surface area (Å²) in [5, 5.41) is 11.9. The van der Waals surface area contributed by atoms with Gasteiger partial charge in [0.1, 0.15) is 5.00 Å². The fourth-order valence-corrected chi connectivity index (χ4v) is 4.74. The van der Waals surface area contributed by atoms with Crippen molar-refractivity contribution in [3.05, 3.63) is 51.9 Å². The fraction of sp³-hybridized carbons (Fsp3) is 0.429. The molecular weight excluding hydrogens is 394 g/mol. The van der Waals surface area contributed by atoms with E-state index in [0.29, 0.717) is 16.1 Å². The van der Waals surface area contributed by atoms with Gasteiger partial charge in [-0.3, -0.25) is 9.59 Å². The molecule has 3 N–H and O–H groups in total. The first-order chi connectivity index (χ1) is 13.1. The van der Waals surface area contributed by atoms with Crippen LogP contribution in [0.1, 0.15) is 58.0 Å². The van der Waals surface area contributed by atoms with E-state index in [2.05, 4.69) is 28.9 Å². The van der Waals surface area contributed by atoms with Crippen molar-refractivity contribution in [3.63, 3.8) is 0 Å². The summed E-state index contributed by atoms with van der Waals surface area (Å²) in [5.74, 6) is -0.282. The highest BCUT2D eigenvalue weighted by atomic mass is 35.5. The largest absolute Gasteiger partial charge is 0.348 e. The van der Waals surface area contributed by atoms with Crippen molar-refractivity contribution in [2.45, 2.75) is 51.1 Å². The van der Waals surface area contributed by atoms with Crippen LogP contribution in [0.5, 0.6) is 0 Å². The Morgan fingerprint density at radius 2 is 1.93 bits per heavy atom. The number of aryl methyl sites for hydroxylation is 2.